The molecule has 128 valence electrons. The first kappa shape index (κ1) is 19.0. The predicted molar refractivity (Wildman–Crippen MR) is 80.1 cm³/mol. The number of ether oxygens (including phenoxy) is 1. The highest BCUT2D eigenvalue weighted by Crippen LogP contribution is 2.23. The third kappa shape index (κ3) is 5.94. The number of hydrogen-bond acceptors (Lipinski definition) is 3. The van der Waals surface area contributed by atoms with Crippen molar-refractivity contribution >= 4 is 11.9 Å². The number of benzene rings is 1. The van der Waals surface area contributed by atoms with Crippen molar-refractivity contribution in [1.82, 2.24) is 5.32 Å². The molecule has 0 aliphatic rings. The van der Waals surface area contributed by atoms with Crippen molar-refractivity contribution in [2.24, 2.45) is 0 Å². The Balaban J connectivity index is 2.75. The molecular weight excluding hydrogens is 308 g/mol. The van der Waals surface area contributed by atoms with Crippen LogP contribution in [-0.4, -0.2) is 36.2 Å². The molecule has 0 saturated carbocycles. The van der Waals surface area contributed by atoms with Gasteiger partial charge in [-0.05, 0) is 24.5 Å². The lowest BCUT2D eigenvalue weighted by Gasteiger charge is -2.29. The van der Waals surface area contributed by atoms with Gasteiger partial charge in [-0.15, -0.1) is 0 Å². The van der Waals surface area contributed by atoms with Crippen molar-refractivity contribution in [1.29, 1.82) is 0 Å². The number of hydrogen-bond donors (Lipinski definition) is 2. The number of carbonyl (C=O) groups excluding carboxylic acids is 1. The minimum atomic E-state index is -1.07. The summed E-state index contributed by atoms with van der Waals surface area (Å²) in [7, 11) is 1.41. The van der Waals surface area contributed by atoms with E-state index in [9.17, 15) is 18.4 Å². The molecule has 1 aromatic carbocycles. The average molecular weight is 329 g/mol. The summed E-state index contributed by atoms with van der Waals surface area (Å²) in [6.07, 6.45) is -0.354. The second kappa shape index (κ2) is 8.01. The SMILES string of the molecule is COCC(C)(CC(=O)O)NC(=O)CC(C)c1ccc(F)cc1F. The van der Waals surface area contributed by atoms with Gasteiger partial charge < -0.3 is 15.2 Å². The van der Waals surface area contributed by atoms with Gasteiger partial charge in [-0.1, -0.05) is 13.0 Å². The molecule has 2 unspecified atom stereocenters. The van der Waals surface area contributed by atoms with Gasteiger partial charge in [0.15, 0.2) is 0 Å². The Bertz CT molecular complexity index is 579. The number of carboxylic acid groups (broad SMARTS) is 1. The lowest BCUT2D eigenvalue weighted by Crippen LogP contribution is -2.51. The van der Waals surface area contributed by atoms with Crippen LogP contribution < -0.4 is 5.32 Å². The highest BCUT2D eigenvalue weighted by Gasteiger charge is 2.30. The highest BCUT2D eigenvalue weighted by molar-refractivity contribution is 5.79. The van der Waals surface area contributed by atoms with E-state index in [1.807, 2.05) is 0 Å². The fourth-order valence-electron chi connectivity index (χ4n) is 2.46. The quantitative estimate of drug-likeness (QED) is 0.768. The molecule has 23 heavy (non-hydrogen) atoms. The number of carboxylic acids is 1. The topological polar surface area (TPSA) is 75.6 Å². The molecule has 7 heteroatoms. The molecule has 1 amide bonds. The maximum absolute atomic E-state index is 13.7. The van der Waals surface area contributed by atoms with Gasteiger partial charge in [0.1, 0.15) is 11.6 Å². The molecule has 0 aromatic heterocycles. The van der Waals surface area contributed by atoms with Gasteiger partial charge in [0.2, 0.25) is 5.91 Å². The van der Waals surface area contributed by atoms with E-state index in [2.05, 4.69) is 5.32 Å². The fraction of sp³-hybridized carbons (Fsp3) is 0.500. The fourth-order valence-corrected chi connectivity index (χ4v) is 2.46. The molecule has 0 saturated heterocycles. The number of methoxy groups -OCH3 is 1. The first-order valence-corrected chi connectivity index (χ1v) is 7.13. The Kier molecular flexibility index (Phi) is 6.62. The number of nitrogens with one attached hydrogen (secondary N) is 1. The van der Waals surface area contributed by atoms with Crippen LogP contribution in [0, 0.1) is 11.6 Å². The Morgan fingerprint density at radius 2 is 2.04 bits per heavy atom. The lowest BCUT2D eigenvalue weighted by molar-refractivity contribution is -0.139. The van der Waals surface area contributed by atoms with Crippen molar-refractivity contribution in [3.05, 3.63) is 35.4 Å². The zero-order valence-corrected chi connectivity index (χ0v) is 13.4. The molecule has 0 aliphatic carbocycles. The van der Waals surface area contributed by atoms with E-state index in [1.54, 1.807) is 13.8 Å². The van der Waals surface area contributed by atoms with Crippen LogP contribution in [0.3, 0.4) is 0 Å². The summed E-state index contributed by atoms with van der Waals surface area (Å²) in [5.41, 5.74) is -0.827. The average Bonchev–Trinajstić information content (AvgIpc) is 2.36. The van der Waals surface area contributed by atoms with Crippen molar-refractivity contribution in [3.8, 4) is 0 Å². The molecule has 0 radical (unpaired) electrons. The van der Waals surface area contributed by atoms with Crippen LogP contribution in [0.2, 0.25) is 0 Å². The van der Waals surface area contributed by atoms with Crippen molar-refractivity contribution < 1.29 is 28.2 Å². The highest BCUT2D eigenvalue weighted by atomic mass is 19.1. The molecule has 0 fully saturated rings. The van der Waals surface area contributed by atoms with Crippen LogP contribution in [0.4, 0.5) is 8.78 Å². The Morgan fingerprint density at radius 3 is 2.57 bits per heavy atom. The summed E-state index contributed by atoms with van der Waals surface area (Å²) >= 11 is 0. The van der Waals surface area contributed by atoms with Gasteiger partial charge in [-0.3, -0.25) is 9.59 Å². The van der Waals surface area contributed by atoms with E-state index in [1.165, 1.54) is 13.2 Å². The summed E-state index contributed by atoms with van der Waals surface area (Å²) < 4.78 is 31.6. The van der Waals surface area contributed by atoms with Gasteiger partial charge in [-0.25, -0.2) is 8.78 Å². The van der Waals surface area contributed by atoms with Crippen molar-refractivity contribution in [3.63, 3.8) is 0 Å². The monoisotopic (exact) mass is 329 g/mol. The number of halogens is 2. The summed E-state index contributed by atoms with van der Waals surface area (Å²) in [4.78, 5) is 23.0. The molecule has 2 atom stereocenters. The van der Waals surface area contributed by atoms with E-state index in [0.29, 0.717) is 0 Å². The van der Waals surface area contributed by atoms with E-state index in [-0.39, 0.29) is 25.0 Å². The second-order valence-corrected chi connectivity index (χ2v) is 5.88. The van der Waals surface area contributed by atoms with Crippen LogP contribution in [0.15, 0.2) is 18.2 Å². The van der Waals surface area contributed by atoms with Gasteiger partial charge in [0, 0.05) is 19.6 Å². The molecule has 1 aromatic rings. The molecule has 2 N–H and O–H groups in total. The van der Waals surface area contributed by atoms with Crippen LogP contribution >= 0.6 is 0 Å². The Hall–Kier alpha value is -2.02. The number of carbonyl (C=O) groups is 2. The maximum Gasteiger partial charge on any atom is 0.305 e. The predicted octanol–water partition coefficient (Wildman–Crippen LogP) is 2.45. The molecule has 5 nitrogen and oxygen atoms in total. The minimum absolute atomic E-state index is 0.0321. The lowest BCUT2D eigenvalue weighted by atomic mass is 9.94. The van der Waals surface area contributed by atoms with Gasteiger partial charge in [0.25, 0.3) is 0 Å². The maximum atomic E-state index is 13.7. The summed E-state index contributed by atoms with van der Waals surface area (Å²) in [6, 6.07) is 3.20. The zero-order valence-electron chi connectivity index (χ0n) is 13.4. The Morgan fingerprint density at radius 1 is 1.39 bits per heavy atom. The Labute approximate surface area is 133 Å². The standard InChI is InChI=1S/C16H21F2NO4/c1-10(12-5-4-11(17)7-13(12)18)6-14(20)19-16(2,9-23-3)8-15(21)22/h4-5,7,10H,6,8-9H2,1-3H3,(H,19,20)(H,21,22). The van der Waals surface area contributed by atoms with Crippen LogP contribution in [0.25, 0.3) is 0 Å². The van der Waals surface area contributed by atoms with Crippen LogP contribution in [0.1, 0.15) is 38.2 Å². The summed E-state index contributed by atoms with van der Waals surface area (Å²) in [5.74, 6) is -3.37. The van der Waals surface area contributed by atoms with Gasteiger partial charge in [-0.2, -0.15) is 0 Å². The van der Waals surface area contributed by atoms with Gasteiger partial charge >= 0.3 is 5.97 Å². The van der Waals surface area contributed by atoms with Crippen molar-refractivity contribution in [2.45, 2.75) is 38.1 Å². The number of rotatable bonds is 8. The normalized spacial score (nSPS) is 14.8. The number of amides is 1. The van der Waals surface area contributed by atoms with Gasteiger partial charge in [0.05, 0.1) is 18.6 Å². The third-order valence-electron chi connectivity index (χ3n) is 3.43. The van der Waals surface area contributed by atoms with E-state index in [0.717, 1.165) is 12.1 Å². The zero-order chi connectivity index (χ0) is 17.6. The first-order valence-electron chi connectivity index (χ1n) is 7.13. The summed E-state index contributed by atoms with van der Waals surface area (Å²) in [6.45, 7) is 3.23. The second-order valence-electron chi connectivity index (χ2n) is 5.88. The van der Waals surface area contributed by atoms with E-state index < -0.39 is 35.0 Å². The van der Waals surface area contributed by atoms with E-state index in [4.69, 9.17) is 9.84 Å². The van der Waals surface area contributed by atoms with Crippen molar-refractivity contribution in [2.75, 3.05) is 13.7 Å². The van der Waals surface area contributed by atoms with E-state index >= 15 is 0 Å². The summed E-state index contributed by atoms with van der Waals surface area (Å²) in [5, 5.41) is 11.5. The molecule has 0 spiro atoms. The van der Waals surface area contributed by atoms with Crippen LogP contribution in [-0.2, 0) is 14.3 Å². The first-order chi connectivity index (χ1) is 10.7. The minimum Gasteiger partial charge on any atom is -0.481 e. The largest absolute Gasteiger partial charge is 0.481 e. The molecule has 0 aliphatic heterocycles. The number of aliphatic carboxylic acids is 1. The van der Waals surface area contributed by atoms with Crippen LogP contribution in [0.5, 0.6) is 0 Å². The smallest absolute Gasteiger partial charge is 0.305 e. The molecule has 0 heterocycles. The molecular formula is C16H21F2NO4. The third-order valence-corrected chi connectivity index (χ3v) is 3.43. The molecule has 1 rings (SSSR count). The molecule has 0 bridgehead atoms.